The largest absolute Gasteiger partial charge is 0.337 e. The maximum Gasteiger partial charge on any atom is 0.149 e. The van der Waals surface area contributed by atoms with Gasteiger partial charge in [-0.3, -0.25) is 0 Å². The summed E-state index contributed by atoms with van der Waals surface area (Å²) in [7, 11) is 4.00. The van der Waals surface area contributed by atoms with Crippen LogP contribution < -0.4 is 0 Å². The standard InChI is InChI=1S/C5H8BClN2/c1-9-3-8-5(7)4(9)2-6/h3H,2,6H2,1H3. The molecule has 1 rings (SSSR count). The fourth-order valence-electron chi connectivity index (χ4n) is 0.822. The molecule has 1 heterocycles. The highest BCUT2D eigenvalue weighted by Gasteiger charge is 2.01. The first-order chi connectivity index (χ1) is 4.25. The van der Waals surface area contributed by atoms with Crippen molar-refractivity contribution in [2.45, 2.75) is 6.32 Å². The first-order valence-electron chi connectivity index (χ1n) is 2.91. The Kier molecular flexibility index (Phi) is 1.81. The van der Waals surface area contributed by atoms with Gasteiger partial charge in [-0.1, -0.05) is 11.6 Å². The van der Waals surface area contributed by atoms with Crippen molar-refractivity contribution < 1.29 is 0 Å². The lowest BCUT2D eigenvalue weighted by Gasteiger charge is -1.95. The second-order valence-corrected chi connectivity index (χ2v) is 2.30. The lowest BCUT2D eigenvalue weighted by atomic mass is 10.0. The predicted molar refractivity (Wildman–Crippen MR) is 40.5 cm³/mol. The van der Waals surface area contributed by atoms with Gasteiger partial charge in [-0.05, 0) is 6.32 Å². The quantitative estimate of drug-likeness (QED) is 0.513. The Hall–Kier alpha value is -0.435. The van der Waals surface area contributed by atoms with Crippen molar-refractivity contribution >= 4 is 19.4 Å². The highest BCUT2D eigenvalue weighted by molar-refractivity contribution is 6.30. The van der Waals surface area contributed by atoms with E-state index in [1.165, 1.54) is 0 Å². The fourth-order valence-corrected chi connectivity index (χ4v) is 1.13. The molecule has 1 aromatic heterocycles. The number of hydrogen-bond acceptors (Lipinski definition) is 1. The fraction of sp³-hybridized carbons (Fsp3) is 0.400. The maximum absolute atomic E-state index is 5.71. The van der Waals surface area contributed by atoms with E-state index in [-0.39, 0.29) is 0 Å². The van der Waals surface area contributed by atoms with E-state index in [1.54, 1.807) is 6.33 Å². The summed E-state index contributed by atoms with van der Waals surface area (Å²) in [5.41, 5.74) is 1.09. The summed E-state index contributed by atoms with van der Waals surface area (Å²) in [5.74, 6) is 0. The van der Waals surface area contributed by atoms with E-state index in [0.717, 1.165) is 12.0 Å². The molecule has 0 fully saturated rings. The number of imidazole rings is 1. The second-order valence-electron chi connectivity index (χ2n) is 1.95. The first-order valence-corrected chi connectivity index (χ1v) is 3.29. The van der Waals surface area contributed by atoms with Crippen LogP contribution in [0.15, 0.2) is 6.33 Å². The molecule has 0 radical (unpaired) electrons. The third-order valence-corrected chi connectivity index (χ3v) is 1.66. The molecule has 0 aliphatic carbocycles. The van der Waals surface area contributed by atoms with Gasteiger partial charge in [0.05, 0.1) is 6.33 Å². The average Bonchev–Trinajstić information content (AvgIpc) is 2.12. The predicted octanol–water partition coefficient (Wildman–Crippen LogP) is 0.207. The van der Waals surface area contributed by atoms with Crippen molar-refractivity contribution in [2.75, 3.05) is 0 Å². The summed E-state index contributed by atoms with van der Waals surface area (Å²) >= 11 is 5.71. The molecule has 0 bridgehead atoms. The topological polar surface area (TPSA) is 17.8 Å². The van der Waals surface area contributed by atoms with E-state index in [4.69, 9.17) is 11.6 Å². The van der Waals surface area contributed by atoms with E-state index in [1.807, 2.05) is 11.6 Å². The van der Waals surface area contributed by atoms with Crippen LogP contribution in [0, 0.1) is 0 Å². The molecule has 4 heteroatoms. The van der Waals surface area contributed by atoms with Crippen LogP contribution in [0.3, 0.4) is 0 Å². The average molecular weight is 142 g/mol. The molecule has 0 aromatic carbocycles. The number of hydrogen-bond donors (Lipinski definition) is 0. The second kappa shape index (κ2) is 2.44. The van der Waals surface area contributed by atoms with E-state index >= 15 is 0 Å². The highest BCUT2D eigenvalue weighted by Crippen LogP contribution is 2.10. The molecule has 0 aliphatic rings. The maximum atomic E-state index is 5.71. The lowest BCUT2D eigenvalue weighted by molar-refractivity contribution is 0.865. The van der Waals surface area contributed by atoms with E-state index in [9.17, 15) is 0 Å². The Morgan fingerprint density at radius 1 is 1.89 bits per heavy atom. The van der Waals surface area contributed by atoms with Gasteiger partial charge < -0.3 is 4.57 Å². The third kappa shape index (κ3) is 1.10. The Morgan fingerprint density at radius 3 is 2.78 bits per heavy atom. The summed E-state index contributed by atoms with van der Waals surface area (Å²) in [6.45, 7) is 0. The summed E-state index contributed by atoms with van der Waals surface area (Å²) in [4.78, 5) is 3.92. The SMILES string of the molecule is BCc1c(Cl)ncn1C. The first kappa shape index (κ1) is 6.68. The molecule has 0 aliphatic heterocycles. The van der Waals surface area contributed by atoms with Gasteiger partial charge >= 0.3 is 0 Å². The molecule has 0 saturated carbocycles. The van der Waals surface area contributed by atoms with Crippen LogP contribution >= 0.6 is 11.6 Å². The molecule has 0 atom stereocenters. The van der Waals surface area contributed by atoms with Gasteiger partial charge in [0, 0.05) is 12.7 Å². The van der Waals surface area contributed by atoms with Gasteiger partial charge in [-0.2, -0.15) is 0 Å². The Balaban J connectivity index is 3.07. The zero-order valence-electron chi connectivity index (χ0n) is 5.56. The van der Waals surface area contributed by atoms with Crippen molar-refractivity contribution in [1.29, 1.82) is 0 Å². The van der Waals surface area contributed by atoms with Gasteiger partial charge in [-0.25, -0.2) is 4.98 Å². The van der Waals surface area contributed by atoms with Crippen molar-refractivity contribution in [1.82, 2.24) is 9.55 Å². The Bertz CT molecular complexity index is 189. The molecule has 0 amide bonds. The molecule has 0 N–H and O–H groups in total. The number of nitrogens with zero attached hydrogens (tertiary/aromatic N) is 2. The third-order valence-electron chi connectivity index (χ3n) is 1.34. The smallest absolute Gasteiger partial charge is 0.149 e. The molecule has 2 nitrogen and oxygen atoms in total. The van der Waals surface area contributed by atoms with Gasteiger partial charge in [0.2, 0.25) is 0 Å². The number of rotatable bonds is 1. The minimum atomic E-state index is 0.625. The zero-order valence-corrected chi connectivity index (χ0v) is 6.31. The molecule has 0 spiro atoms. The number of halogens is 1. The van der Waals surface area contributed by atoms with Gasteiger partial charge in [0.1, 0.15) is 13.0 Å². The monoisotopic (exact) mass is 142 g/mol. The molecule has 48 valence electrons. The summed E-state index contributed by atoms with van der Waals surface area (Å²) < 4.78 is 1.93. The van der Waals surface area contributed by atoms with E-state index < -0.39 is 0 Å². The van der Waals surface area contributed by atoms with Crippen LogP contribution in [0.4, 0.5) is 0 Å². The van der Waals surface area contributed by atoms with E-state index in [0.29, 0.717) is 5.15 Å². The summed E-state index contributed by atoms with van der Waals surface area (Å²) in [6, 6.07) is 0. The van der Waals surface area contributed by atoms with Crippen LogP contribution in [0.25, 0.3) is 0 Å². The highest BCUT2D eigenvalue weighted by atomic mass is 35.5. The van der Waals surface area contributed by atoms with Crippen LogP contribution in [0.1, 0.15) is 5.69 Å². The molecular weight excluding hydrogens is 134 g/mol. The van der Waals surface area contributed by atoms with Gasteiger partial charge in [-0.15, -0.1) is 0 Å². The van der Waals surface area contributed by atoms with Gasteiger partial charge in [0.15, 0.2) is 0 Å². The summed E-state index contributed by atoms with van der Waals surface area (Å²) in [6.07, 6.45) is 2.66. The van der Waals surface area contributed by atoms with Crippen molar-refractivity contribution in [2.24, 2.45) is 7.05 Å². The Labute approximate surface area is 60.3 Å². The Morgan fingerprint density at radius 2 is 2.56 bits per heavy atom. The van der Waals surface area contributed by atoms with Crippen LogP contribution in [0.2, 0.25) is 5.15 Å². The number of aromatic nitrogens is 2. The minimum absolute atomic E-state index is 0.625. The van der Waals surface area contributed by atoms with E-state index in [2.05, 4.69) is 12.8 Å². The molecule has 0 unspecified atom stereocenters. The molecule has 9 heavy (non-hydrogen) atoms. The number of aryl methyl sites for hydroxylation is 1. The summed E-state index contributed by atoms with van der Waals surface area (Å²) in [5, 5.41) is 0.625. The normalized spacial score (nSPS) is 10.0. The van der Waals surface area contributed by atoms with Crippen LogP contribution in [0.5, 0.6) is 0 Å². The van der Waals surface area contributed by atoms with Crippen molar-refractivity contribution in [3.05, 3.63) is 17.2 Å². The van der Waals surface area contributed by atoms with Crippen molar-refractivity contribution in [3.63, 3.8) is 0 Å². The zero-order chi connectivity index (χ0) is 6.85. The van der Waals surface area contributed by atoms with Gasteiger partial charge in [0.25, 0.3) is 0 Å². The van der Waals surface area contributed by atoms with Crippen molar-refractivity contribution in [3.8, 4) is 0 Å². The molecular formula is C5H8BClN2. The van der Waals surface area contributed by atoms with Crippen LogP contribution in [-0.2, 0) is 13.4 Å². The minimum Gasteiger partial charge on any atom is -0.337 e. The molecule has 0 saturated heterocycles. The molecule has 1 aromatic rings. The van der Waals surface area contributed by atoms with Crippen LogP contribution in [-0.4, -0.2) is 17.4 Å². The lowest BCUT2D eigenvalue weighted by Crippen LogP contribution is -1.94.